The molecule has 0 aliphatic heterocycles. The summed E-state index contributed by atoms with van der Waals surface area (Å²) < 4.78 is 1.71. The van der Waals surface area contributed by atoms with E-state index in [4.69, 9.17) is 11.6 Å². The molecule has 19 heavy (non-hydrogen) atoms. The number of rotatable bonds is 4. The van der Waals surface area contributed by atoms with Crippen molar-refractivity contribution >= 4 is 23.2 Å². The van der Waals surface area contributed by atoms with Gasteiger partial charge in [-0.05, 0) is 37.3 Å². The third-order valence-electron chi connectivity index (χ3n) is 2.72. The van der Waals surface area contributed by atoms with Gasteiger partial charge in [-0.2, -0.15) is 0 Å². The van der Waals surface area contributed by atoms with Crippen LogP contribution in [0.15, 0.2) is 42.6 Å². The molecule has 1 amide bonds. The zero-order valence-electron chi connectivity index (χ0n) is 10.5. The molecule has 2 aromatic rings. The van der Waals surface area contributed by atoms with Gasteiger partial charge in [0.2, 0.25) is 5.91 Å². The van der Waals surface area contributed by atoms with Crippen LogP contribution in [-0.4, -0.2) is 15.6 Å². The lowest BCUT2D eigenvalue weighted by Gasteiger charge is -2.11. The van der Waals surface area contributed by atoms with Gasteiger partial charge in [-0.25, -0.2) is 0 Å². The van der Waals surface area contributed by atoms with Crippen molar-refractivity contribution in [2.24, 2.45) is 0 Å². The molecule has 5 heteroatoms. The van der Waals surface area contributed by atoms with E-state index >= 15 is 0 Å². The predicted molar refractivity (Wildman–Crippen MR) is 75.1 cm³/mol. The molecule has 100 valence electrons. The van der Waals surface area contributed by atoms with E-state index in [0.717, 1.165) is 0 Å². The van der Waals surface area contributed by atoms with E-state index in [1.54, 1.807) is 54.1 Å². The van der Waals surface area contributed by atoms with Crippen LogP contribution in [0.5, 0.6) is 0 Å². The summed E-state index contributed by atoms with van der Waals surface area (Å²) >= 11 is 5.85. The van der Waals surface area contributed by atoms with E-state index in [9.17, 15) is 9.90 Å². The minimum Gasteiger partial charge on any atom is -0.387 e. The Morgan fingerprint density at radius 1 is 1.42 bits per heavy atom. The van der Waals surface area contributed by atoms with Crippen molar-refractivity contribution in [3.05, 3.63) is 53.3 Å². The highest BCUT2D eigenvalue weighted by Gasteiger charge is 2.10. The molecule has 0 saturated heterocycles. The number of aliphatic hydroxyl groups is 1. The van der Waals surface area contributed by atoms with Crippen LogP contribution in [0.2, 0.25) is 5.02 Å². The van der Waals surface area contributed by atoms with Gasteiger partial charge in [0, 0.05) is 22.6 Å². The number of carbonyl (C=O) groups excluding carboxylic acids is 1. The highest BCUT2D eigenvalue weighted by molar-refractivity contribution is 6.30. The summed E-state index contributed by atoms with van der Waals surface area (Å²) in [6, 6.07) is 10.6. The Labute approximate surface area is 116 Å². The fraction of sp³-hybridized carbons (Fsp3) is 0.214. The molecule has 1 unspecified atom stereocenters. The van der Waals surface area contributed by atoms with Crippen molar-refractivity contribution in [1.29, 1.82) is 0 Å². The number of carbonyl (C=O) groups is 1. The summed E-state index contributed by atoms with van der Waals surface area (Å²) in [6.07, 6.45) is 1.16. The van der Waals surface area contributed by atoms with E-state index in [1.165, 1.54) is 0 Å². The number of nitrogens with zero attached hydrogens (tertiary/aromatic N) is 1. The number of halogens is 1. The molecular weight excluding hydrogens is 264 g/mol. The van der Waals surface area contributed by atoms with Crippen LogP contribution in [-0.2, 0) is 11.3 Å². The Kier molecular flexibility index (Phi) is 4.24. The second-order valence-electron chi connectivity index (χ2n) is 4.30. The average Bonchev–Trinajstić information content (AvgIpc) is 2.76. The zero-order chi connectivity index (χ0) is 13.8. The minimum absolute atomic E-state index is 0.153. The van der Waals surface area contributed by atoms with Gasteiger partial charge in [-0.1, -0.05) is 17.7 Å². The molecule has 1 atom stereocenters. The van der Waals surface area contributed by atoms with Gasteiger partial charge in [0.25, 0.3) is 0 Å². The first-order chi connectivity index (χ1) is 9.06. The molecule has 4 nitrogen and oxygen atoms in total. The third kappa shape index (κ3) is 3.59. The Bertz CT molecular complexity index is 578. The van der Waals surface area contributed by atoms with Gasteiger partial charge in [0.1, 0.15) is 6.54 Å². The predicted octanol–water partition coefficient (Wildman–Crippen LogP) is 2.83. The molecular formula is C14H15ClN2O2. The van der Waals surface area contributed by atoms with Crippen LogP contribution < -0.4 is 5.32 Å². The molecule has 1 aromatic heterocycles. The SMILES string of the molecule is CC(O)c1cccn1CC(=O)Nc1cccc(Cl)c1. The average molecular weight is 279 g/mol. The lowest BCUT2D eigenvalue weighted by atomic mass is 10.3. The normalized spacial score (nSPS) is 12.2. The molecule has 1 heterocycles. The molecule has 0 aliphatic carbocycles. The third-order valence-corrected chi connectivity index (χ3v) is 2.95. The zero-order valence-corrected chi connectivity index (χ0v) is 11.3. The van der Waals surface area contributed by atoms with Crippen LogP contribution in [0, 0.1) is 0 Å². The van der Waals surface area contributed by atoms with E-state index in [2.05, 4.69) is 5.32 Å². The van der Waals surface area contributed by atoms with Crippen LogP contribution in [0.1, 0.15) is 18.7 Å². The lowest BCUT2D eigenvalue weighted by molar-refractivity contribution is -0.116. The highest BCUT2D eigenvalue weighted by atomic mass is 35.5. The number of nitrogens with one attached hydrogen (secondary N) is 1. The second-order valence-corrected chi connectivity index (χ2v) is 4.73. The number of anilines is 1. The fourth-order valence-electron chi connectivity index (χ4n) is 1.87. The molecule has 0 radical (unpaired) electrons. The number of aliphatic hydroxyl groups excluding tert-OH is 1. The lowest BCUT2D eigenvalue weighted by Crippen LogP contribution is -2.20. The maximum Gasteiger partial charge on any atom is 0.244 e. The first kappa shape index (κ1) is 13.6. The summed E-state index contributed by atoms with van der Waals surface area (Å²) in [5, 5.41) is 12.9. The minimum atomic E-state index is -0.603. The van der Waals surface area contributed by atoms with Crippen LogP contribution in [0.4, 0.5) is 5.69 Å². The second kappa shape index (κ2) is 5.91. The topological polar surface area (TPSA) is 54.3 Å². The largest absolute Gasteiger partial charge is 0.387 e. The molecule has 0 saturated carbocycles. The van der Waals surface area contributed by atoms with E-state index in [-0.39, 0.29) is 12.5 Å². The smallest absolute Gasteiger partial charge is 0.244 e. The molecule has 0 spiro atoms. The Hall–Kier alpha value is -1.78. The summed E-state index contributed by atoms with van der Waals surface area (Å²) in [5.74, 6) is -0.166. The van der Waals surface area contributed by atoms with Gasteiger partial charge in [-0.15, -0.1) is 0 Å². The first-order valence-electron chi connectivity index (χ1n) is 5.95. The van der Waals surface area contributed by atoms with Crippen LogP contribution in [0.3, 0.4) is 0 Å². The van der Waals surface area contributed by atoms with Gasteiger partial charge in [0.05, 0.1) is 6.10 Å². The summed E-state index contributed by atoms with van der Waals surface area (Å²) in [7, 11) is 0. The van der Waals surface area contributed by atoms with Gasteiger partial charge >= 0.3 is 0 Å². The number of hydrogen-bond donors (Lipinski definition) is 2. The van der Waals surface area contributed by atoms with Crippen molar-refractivity contribution in [2.75, 3.05) is 5.32 Å². The molecule has 0 fully saturated rings. The molecule has 0 aliphatic rings. The van der Waals surface area contributed by atoms with Crippen molar-refractivity contribution < 1.29 is 9.90 Å². The van der Waals surface area contributed by atoms with E-state index < -0.39 is 6.10 Å². The molecule has 0 bridgehead atoms. The Morgan fingerprint density at radius 2 is 2.21 bits per heavy atom. The maximum atomic E-state index is 11.9. The van der Waals surface area contributed by atoms with Gasteiger partial charge in [-0.3, -0.25) is 4.79 Å². The van der Waals surface area contributed by atoms with Gasteiger partial charge in [0.15, 0.2) is 0 Å². The number of aromatic nitrogens is 1. The highest BCUT2D eigenvalue weighted by Crippen LogP contribution is 2.16. The van der Waals surface area contributed by atoms with Crippen LogP contribution in [0.25, 0.3) is 0 Å². The molecule has 2 N–H and O–H groups in total. The van der Waals surface area contributed by atoms with E-state index in [0.29, 0.717) is 16.4 Å². The van der Waals surface area contributed by atoms with Crippen molar-refractivity contribution in [2.45, 2.75) is 19.6 Å². The first-order valence-corrected chi connectivity index (χ1v) is 6.32. The van der Waals surface area contributed by atoms with E-state index in [1.807, 2.05) is 0 Å². The standard InChI is InChI=1S/C14H15ClN2O2/c1-10(18)13-6-3-7-17(13)9-14(19)16-12-5-2-4-11(15)8-12/h2-8,10,18H,9H2,1H3,(H,16,19). The van der Waals surface area contributed by atoms with Crippen molar-refractivity contribution in [3.8, 4) is 0 Å². The van der Waals surface area contributed by atoms with Crippen molar-refractivity contribution in [3.63, 3.8) is 0 Å². The summed E-state index contributed by atoms with van der Waals surface area (Å²) in [4.78, 5) is 11.9. The Morgan fingerprint density at radius 3 is 2.89 bits per heavy atom. The molecule has 1 aromatic carbocycles. The number of benzene rings is 1. The Balaban J connectivity index is 2.03. The summed E-state index contributed by atoms with van der Waals surface area (Å²) in [6.45, 7) is 1.82. The van der Waals surface area contributed by atoms with Crippen molar-refractivity contribution in [1.82, 2.24) is 4.57 Å². The van der Waals surface area contributed by atoms with Gasteiger partial charge < -0.3 is 15.0 Å². The summed E-state index contributed by atoms with van der Waals surface area (Å²) in [5.41, 5.74) is 1.37. The monoisotopic (exact) mass is 278 g/mol. The fourth-order valence-corrected chi connectivity index (χ4v) is 2.06. The molecule has 2 rings (SSSR count). The van der Waals surface area contributed by atoms with Crippen LogP contribution >= 0.6 is 11.6 Å². The maximum absolute atomic E-state index is 11.9. The number of amides is 1. The quantitative estimate of drug-likeness (QED) is 0.903. The number of hydrogen-bond acceptors (Lipinski definition) is 2.